The van der Waals surface area contributed by atoms with Crippen LogP contribution in [0.2, 0.25) is 0 Å². The molecule has 0 saturated heterocycles. The average molecular weight is 496 g/mol. The van der Waals surface area contributed by atoms with E-state index < -0.39 is 48.4 Å². The number of alkyl halides is 1. The third-order valence-corrected chi connectivity index (χ3v) is 5.21. The number of anilines is 1. The van der Waals surface area contributed by atoms with Gasteiger partial charge in [0.25, 0.3) is 5.56 Å². The van der Waals surface area contributed by atoms with Gasteiger partial charge in [-0.05, 0) is 39.8 Å². The molecule has 194 valence electrons. The summed E-state index contributed by atoms with van der Waals surface area (Å²) in [5.74, 6) is -2.59. The number of aromatic nitrogens is 2. The lowest BCUT2D eigenvalue weighted by Crippen LogP contribution is -2.49. The summed E-state index contributed by atoms with van der Waals surface area (Å²) in [4.78, 5) is 55.5. The van der Waals surface area contributed by atoms with E-state index in [2.05, 4.69) is 15.6 Å². The van der Waals surface area contributed by atoms with E-state index >= 15 is 0 Å². The first-order chi connectivity index (χ1) is 16.5. The van der Waals surface area contributed by atoms with Crippen LogP contribution in [0.4, 0.5) is 10.2 Å². The van der Waals surface area contributed by atoms with E-state index in [0.717, 1.165) is 4.57 Å². The molecule has 0 aliphatic heterocycles. The van der Waals surface area contributed by atoms with Gasteiger partial charge in [0.1, 0.15) is 6.04 Å². The number of ketones is 1. The van der Waals surface area contributed by atoms with Gasteiger partial charge >= 0.3 is 5.97 Å². The van der Waals surface area contributed by atoms with Crippen molar-refractivity contribution in [1.29, 1.82) is 10.8 Å². The van der Waals surface area contributed by atoms with Crippen molar-refractivity contribution in [3.05, 3.63) is 22.7 Å². The molecule has 0 aromatic carbocycles. The van der Waals surface area contributed by atoms with Crippen molar-refractivity contribution >= 4 is 34.9 Å². The lowest BCUT2D eigenvalue weighted by molar-refractivity contribution is -0.140. The van der Waals surface area contributed by atoms with E-state index in [1.807, 2.05) is 0 Å². The van der Waals surface area contributed by atoms with Gasteiger partial charge in [-0.1, -0.05) is 6.92 Å². The first-order valence-corrected chi connectivity index (χ1v) is 11.2. The summed E-state index contributed by atoms with van der Waals surface area (Å²) < 4.78 is 13.4. The van der Waals surface area contributed by atoms with Crippen LogP contribution in [0.25, 0.3) is 0 Å². The van der Waals surface area contributed by atoms with E-state index in [1.54, 1.807) is 18.9 Å². The lowest BCUT2D eigenvalue weighted by atomic mass is 10.1. The molecule has 0 aliphatic rings. The zero-order valence-corrected chi connectivity index (χ0v) is 20.3. The van der Waals surface area contributed by atoms with Gasteiger partial charge in [0, 0.05) is 12.4 Å². The molecule has 0 saturated carbocycles. The zero-order valence-electron chi connectivity index (χ0n) is 20.3. The molecule has 5 N–H and O–H groups in total. The molecule has 0 spiro atoms. The Balaban J connectivity index is 3.01. The van der Waals surface area contributed by atoms with Gasteiger partial charge in [0.15, 0.2) is 11.6 Å². The molecule has 1 aromatic rings. The van der Waals surface area contributed by atoms with Crippen LogP contribution in [0.15, 0.2) is 17.2 Å². The normalized spacial score (nSPS) is 12.6. The molecule has 0 aliphatic carbocycles. The van der Waals surface area contributed by atoms with Gasteiger partial charge in [-0.15, -0.1) is 0 Å². The number of hydrogen-bond donors (Lipinski definition) is 5. The molecule has 13 heteroatoms. The van der Waals surface area contributed by atoms with E-state index in [1.165, 1.54) is 19.3 Å². The second-order valence-electron chi connectivity index (χ2n) is 8.13. The van der Waals surface area contributed by atoms with E-state index in [-0.39, 0.29) is 36.8 Å². The van der Waals surface area contributed by atoms with E-state index in [9.17, 15) is 28.7 Å². The minimum atomic E-state index is -1.30. The number of carbonyl (C=O) groups is 3. The van der Waals surface area contributed by atoms with Crippen LogP contribution in [0.3, 0.4) is 0 Å². The van der Waals surface area contributed by atoms with Crippen LogP contribution in [-0.4, -0.2) is 88.0 Å². The number of hydrogen-bond acceptors (Lipinski definition) is 9. The number of nitrogens with zero attached hydrogens (tertiary/aromatic N) is 3. The number of carboxylic acid groups (broad SMARTS) is 1. The van der Waals surface area contributed by atoms with Crippen LogP contribution >= 0.6 is 0 Å². The molecule has 2 atom stereocenters. The van der Waals surface area contributed by atoms with Crippen LogP contribution in [0.5, 0.6) is 0 Å². The van der Waals surface area contributed by atoms with Gasteiger partial charge in [-0.25, -0.2) is 4.98 Å². The highest BCUT2D eigenvalue weighted by Crippen LogP contribution is 2.11. The van der Waals surface area contributed by atoms with Crippen molar-refractivity contribution in [3.63, 3.8) is 0 Å². The predicted molar refractivity (Wildman–Crippen MR) is 129 cm³/mol. The molecule has 0 fully saturated rings. The topological polar surface area (TPSA) is 181 Å². The molecule has 35 heavy (non-hydrogen) atoms. The lowest BCUT2D eigenvalue weighted by Gasteiger charge is -2.24. The molecule has 1 heterocycles. The highest BCUT2D eigenvalue weighted by atomic mass is 19.1. The maximum absolute atomic E-state index is 13.0. The van der Waals surface area contributed by atoms with Crippen LogP contribution in [0, 0.1) is 10.8 Å². The quantitative estimate of drug-likeness (QED) is 0.156. The Morgan fingerprint density at radius 1 is 1.29 bits per heavy atom. The number of nitrogens with one attached hydrogen (secondary N) is 4. The van der Waals surface area contributed by atoms with Crippen molar-refractivity contribution in [2.24, 2.45) is 0 Å². The first-order valence-electron chi connectivity index (χ1n) is 11.2. The Bertz CT molecular complexity index is 981. The summed E-state index contributed by atoms with van der Waals surface area (Å²) in [6.07, 6.45) is 3.04. The number of carboxylic acids is 1. The molecule has 1 aromatic heterocycles. The number of Topliss-reactive ketones (excluding diaryl/α,β-unsaturated/α-hetero) is 1. The van der Waals surface area contributed by atoms with Crippen LogP contribution in [-0.2, 0) is 14.4 Å². The number of amides is 1. The first kappa shape index (κ1) is 29.6. The summed E-state index contributed by atoms with van der Waals surface area (Å²) >= 11 is 0. The Labute approximate surface area is 202 Å². The van der Waals surface area contributed by atoms with Gasteiger partial charge in [0.2, 0.25) is 5.91 Å². The minimum Gasteiger partial charge on any atom is -0.481 e. The van der Waals surface area contributed by atoms with Crippen molar-refractivity contribution in [2.45, 2.75) is 51.6 Å². The maximum Gasteiger partial charge on any atom is 0.305 e. The minimum absolute atomic E-state index is 0.0294. The van der Waals surface area contributed by atoms with E-state index in [4.69, 9.17) is 10.8 Å². The Kier molecular flexibility index (Phi) is 12.4. The Hall–Kier alpha value is -3.48. The van der Waals surface area contributed by atoms with Gasteiger partial charge in [0.05, 0.1) is 43.7 Å². The largest absolute Gasteiger partial charge is 0.481 e. The molecular formula is C22H34FN7O5. The second-order valence-corrected chi connectivity index (χ2v) is 8.13. The van der Waals surface area contributed by atoms with Crippen LogP contribution < -0.4 is 16.2 Å². The van der Waals surface area contributed by atoms with E-state index in [0.29, 0.717) is 19.4 Å². The summed E-state index contributed by atoms with van der Waals surface area (Å²) in [7, 11) is 1.65. The monoisotopic (exact) mass is 495 g/mol. The molecule has 0 bridgehead atoms. The zero-order chi connectivity index (χ0) is 26.5. The molecule has 12 nitrogen and oxygen atoms in total. The molecule has 0 radical (unpaired) electrons. The SMILES string of the molecule is CCC(C(=O)NC(CC(=O)O)C(=O)CN(C)CCCCF)n1ccnc(NCC(=N)C(C)=N)c1=O. The molecule has 1 rings (SSSR count). The third-order valence-electron chi connectivity index (χ3n) is 5.21. The highest BCUT2D eigenvalue weighted by molar-refractivity contribution is 6.40. The summed E-state index contributed by atoms with van der Waals surface area (Å²) in [5, 5.41) is 29.5. The number of likely N-dealkylation sites (N-methyl/N-ethyl adjacent to an activating group) is 1. The van der Waals surface area contributed by atoms with Crippen molar-refractivity contribution < 1.29 is 23.9 Å². The van der Waals surface area contributed by atoms with Crippen molar-refractivity contribution in [1.82, 2.24) is 19.8 Å². The summed E-state index contributed by atoms with van der Waals surface area (Å²) in [5.41, 5.74) is -0.642. The Morgan fingerprint density at radius 3 is 2.54 bits per heavy atom. The van der Waals surface area contributed by atoms with Gasteiger partial charge in [-0.3, -0.25) is 33.0 Å². The summed E-state index contributed by atoms with van der Waals surface area (Å²) in [6.45, 7) is 2.86. The number of aliphatic carboxylic acids is 1. The van der Waals surface area contributed by atoms with Crippen molar-refractivity contribution in [2.75, 3.05) is 38.7 Å². The van der Waals surface area contributed by atoms with Gasteiger partial charge < -0.3 is 26.6 Å². The smallest absolute Gasteiger partial charge is 0.305 e. The fourth-order valence-corrected chi connectivity index (χ4v) is 3.22. The number of carbonyl (C=O) groups excluding carboxylic acids is 2. The average Bonchev–Trinajstić information content (AvgIpc) is 2.78. The maximum atomic E-state index is 13.0. The van der Waals surface area contributed by atoms with Crippen molar-refractivity contribution in [3.8, 4) is 0 Å². The summed E-state index contributed by atoms with van der Waals surface area (Å²) in [6, 6.07) is -2.34. The fourth-order valence-electron chi connectivity index (χ4n) is 3.22. The Morgan fingerprint density at radius 2 is 1.97 bits per heavy atom. The van der Waals surface area contributed by atoms with Gasteiger partial charge in [-0.2, -0.15) is 0 Å². The fraction of sp³-hybridized carbons (Fsp3) is 0.591. The molecule has 2 unspecified atom stereocenters. The third kappa shape index (κ3) is 9.73. The standard InChI is InChI=1S/C22H34FN7O5/c1-4-17(30-10-8-26-20(22(30)35)27-12-15(25)14(2)24)21(34)28-16(11-19(32)33)18(31)13-29(3)9-6-5-7-23/h8,10,16-17,24-25H,4-7,9,11-13H2,1-3H3,(H,26,27)(H,28,34)(H,32,33). The van der Waals surface area contributed by atoms with Crippen LogP contribution in [0.1, 0.15) is 45.6 Å². The number of halogens is 1. The number of unbranched alkanes of at least 4 members (excludes halogenated alkanes) is 1. The predicted octanol–water partition coefficient (Wildman–Crippen LogP) is 0.876. The molecular weight excluding hydrogens is 461 g/mol. The highest BCUT2D eigenvalue weighted by Gasteiger charge is 2.29. The second kappa shape index (κ2) is 14.7. The number of rotatable bonds is 17. The molecule has 1 amide bonds.